The molecule has 1 aromatic heterocycles. The SMILES string of the molecule is COC(=O)c1cc(C(=O)c2cc3c(ccc4ccccc43)[nH]2)ccc1Oc1ccccc1. The van der Waals surface area contributed by atoms with Crippen LogP contribution in [0.25, 0.3) is 21.7 Å². The molecule has 0 fully saturated rings. The zero-order chi connectivity index (χ0) is 22.1. The van der Waals surface area contributed by atoms with E-state index in [0.29, 0.717) is 22.8 Å². The highest BCUT2D eigenvalue weighted by Crippen LogP contribution is 2.30. The molecule has 32 heavy (non-hydrogen) atoms. The number of methoxy groups -OCH3 is 1. The van der Waals surface area contributed by atoms with Crippen LogP contribution in [0.2, 0.25) is 0 Å². The molecular weight excluding hydrogens is 402 g/mol. The van der Waals surface area contributed by atoms with Crippen molar-refractivity contribution in [3.63, 3.8) is 0 Å². The molecule has 0 aliphatic rings. The fourth-order valence-corrected chi connectivity index (χ4v) is 3.81. The van der Waals surface area contributed by atoms with E-state index in [1.54, 1.807) is 24.3 Å². The maximum atomic E-state index is 13.3. The lowest BCUT2D eigenvalue weighted by Crippen LogP contribution is -2.08. The van der Waals surface area contributed by atoms with Crippen LogP contribution >= 0.6 is 0 Å². The second-order valence-corrected chi connectivity index (χ2v) is 7.38. The van der Waals surface area contributed by atoms with E-state index in [1.165, 1.54) is 13.2 Å². The molecule has 5 rings (SSSR count). The molecule has 5 aromatic rings. The third-order valence-electron chi connectivity index (χ3n) is 5.39. The maximum Gasteiger partial charge on any atom is 0.341 e. The average Bonchev–Trinajstić information content (AvgIpc) is 3.29. The predicted octanol–water partition coefficient (Wildman–Crippen LogP) is 6.13. The van der Waals surface area contributed by atoms with Gasteiger partial charge in [-0.1, -0.05) is 48.5 Å². The predicted molar refractivity (Wildman–Crippen MR) is 124 cm³/mol. The van der Waals surface area contributed by atoms with E-state index in [4.69, 9.17) is 9.47 Å². The Morgan fingerprint density at radius 1 is 0.781 bits per heavy atom. The Hall–Kier alpha value is -4.38. The number of hydrogen-bond acceptors (Lipinski definition) is 4. The smallest absolute Gasteiger partial charge is 0.341 e. The van der Waals surface area contributed by atoms with Gasteiger partial charge in [-0.25, -0.2) is 4.79 Å². The summed E-state index contributed by atoms with van der Waals surface area (Å²) in [5.74, 6) is 0.108. The Morgan fingerprint density at radius 3 is 2.38 bits per heavy atom. The Morgan fingerprint density at radius 2 is 1.56 bits per heavy atom. The summed E-state index contributed by atoms with van der Waals surface area (Å²) in [7, 11) is 1.30. The van der Waals surface area contributed by atoms with Gasteiger partial charge in [-0.3, -0.25) is 4.79 Å². The van der Waals surface area contributed by atoms with Crippen LogP contribution in [0.4, 0.5) is 0 Å². The van der Waals surface area contributed by atoms with E-state index in [2.05, 4.69) is 4.98 Å². The van der Waals surface area contributed by atoms with Crippen LogP contribution in [-0.2, 0) is 4.74 Å². The van der Waals surface area contributed by atoms with Gasteiger partial charge in [-0.15, -0.1) is 0 Å². The number of rotatable bonds is 5. The van der Waals surface area contributed by atoms with Crippen LogP contribution < -0.4 is 4.74 Å². The fraction of sp³-hybridized carbons (Fsp3) is 0.0370. The number of carbonyl (C=O) groups excluding carboxylic acids is 2. The number of carbonyl (C=O) groups is 2. The topological polar surface area (TPSA) is 68.4 Å². The number of benzene rings is 4. The van der Waals surface area contributed by atoms with E-state index >= 15 is 0 Å². The first-order chi connectivity index (χ1) is 15.6. The highest BCUT2D eigenvalue weighted by molar-refractivity contribution is 6.14. The van der Waals surface area contributed by atoms with E-state index < -0.39 is 5.97 Å². The fourth-order valence-electron chi connectivity index (χ4n) is 3.81. The molecule has 1 N–H and O–H groups in total. The summed E-state index contributed by atoms with van der Waals surface area (Å²) >= 11 is 0. The summed E-state index contributed by atoms with van der Waals surface area (Å²) in [6.07, 6.45) is 0. The Bertz CT molecular complexity index is 1470. The summed E-state index contributed by atoms with van der Waals surface area (Å²) in [5, 5.41) is 3.15. The van der Waals surface area contributed by atoms with Crippen LogP contribution in [0.1, 0.15) is 26.4 Å². The number of para-hydroxylation sites is 1. The molecular formula is C27H19NO4. The zero-order valence-corrected chi connectivity index (χ0v) is 17.3. The van der Waals surface area contributed by atoms with Gasteiger partial charge in [0.2, 0.25) is 5.78 Å². The highest BCUT2D eigenvalue weighted by atomic mass is 16.5. The number of ketones is 1. The molecule has 156 valence electrons. The molecule has 0 saturated carbocycles. The van der Waals surface area contributed by atoms with Crippen LogP contribution in [0.5, 0.6) is 11.5 Å². The number of H-pyrrole nitrogens is 1. The van der Waals surface area contributed by atoms with Gasteiger partial charge in [0, 0.05) is 16.5 Å². The van der Waals surface area contributed by atoms with Crippen molar-refractivity contribution in [1.82, 2.24) is 4.98 Å². The van der Waals surface area contributed by atoms with E-state index in [-0.39, 0.29) is 11.3 Å². The summed E-state index contributed by atoms with van der Waals surface area (Å²) in [6.45, 7) is 0. The van der Waals surface area contributed by atoms with Gasteiger partial charge in [0.1, 0.15) is 17.1 Å². The van der Waals surface area contributed by atoms with Crippen molar-refractivity contribution in [2.45, 2.75) is 0 Å². The molecule has 0 bridgehead atoms. The van der Waals surface area contributed by atoms with Crippen molar-refractivity contribution in [2.24, 2.45) is 0 Å². The number of esters is 1. The minimum atomic E-state index is -0.576. The van der Waals surface area contributed by atoms with Gasteiger partial charge in [-0.05, 0) is 53.2 Å². The molecule has 0 saturated heterocycles. The third-order valence-corrected chi connectivity index (χ3v) is 5.39. The number of aromatic nitrogens is 1. The number of aromatic amines is 1. The van der Waals surface area contributed by atoms with Gasteiger partial charge in [-0.2, -0.15) is 0 Å². The summed E-state index contributed by atoms with van der Waals surface area (Å²) in [5.41, 5.74) is 1.87. The minimum absolute atomic E-state index is 0.184. The largest absolute Gasteiger partial charge is 0.465 e. The van der Waals surface area contributed by atoms with Gasteiger partial charge in [0.05, 0.1) is 12.8 Å². The maximum absolute atomic E-state index is 13.3. The normalized spacial score (nSPS) is 10.9. The van der Waals surface area contributed by atoms with Crippen LogP contribution in [-0.4, -0.2) is 23.8 Å². The molecule has 0 atom stereocenters. The average molecular weight is 421 g/mol. The zero-order valence-electron chi connectivity index (χ0n) is 17.3. The van der Waals surface area contributed by atoms with Crippen LogP contribution in [0, 0.1) is 0 Å². The molecule has 0 radical (unpaired) electrons. The minimum Gasteiger partial charge on any atom is -0.465 e. The van der Waals surface area contributed by atoms with Crippen LogP contribution in [0.15, 0.2) is 91.0 Å². The summed E-state index contributed by atoms with van der Waals surface area (Å²) < 4.78 is 10.8. The molecule has 0 aliphatic carbocycles. The summed E-state index contributed by atoms with van der Waals surface area (Å²) in [4.78, 5) is 28.9. The molecule has 0 spiro atoms. The lowest BCUT2D eigenvalue weighted by atomic mass is 10.0. The molecule has 0 aliphatic heterocycles. The summed E-state index contributed by atoms with van der Waals surface area (Å²) in [6, 6.07) is 27.8. The second-order valence-electron chi connectivity index (χ2n) is 7.38. The van der Waals surface area contributed by atoms with E-state index in [9.17, 15) is 9.59 Å². The first-order valence-electron chi connectivity index (χ1n) is 10.1. The van der Waals surface area contributed by atoms with Gasteiger partial charge in [0.15, 0.2) is 0 Å². The number of fused-ring (bicyclic) bond motifs is 3. The molecule has 0 amide bonds. The number of nitrogens with one attached hydrogen (secondary N) is 1. The monoisotopic (exact) mass is 421 g/mol. The lowest BCUT2D eigenvalue weighted by Gasteiger charge is -2.11. The van der Waals surface area contributed by atoms with E-state index in [1.807, 2.05) is 60.7 Å². The van der Waals surface area contributed by atoms with Crippen molar-refractivity contribution >= 4 is 33.4 Å². The molecule has 5 nitrogen and oxygen atoms in total. The van der Waals surface area contributed by atoms with Crippen molar-refractivity contribution in [1.29, 1.82) is 0 Å². The van der Waals surface area contributed by atoms with Gasteiger partial charge >= 0.3 is 5.97 Å². The van der Waals surface area contributed by atoms with Crippen molar-refractivity contribution in [3.05, 3.63) is 108 Å². The Balaban J connectivity index is 1.54. The Kier molecular flexibility index (Phi) is 4.92. The standard InChI is InChI=1S/C27H19NO4/c1-31-27(30)22-15-18(12-14-25(22)32-19-8-3-2-4-9-19)26(29)24-16-21-20-10-6-5-7-17(20)11-13-23(21)28-24/h2-16,28H,1H3. The number of ether oxygens (including phenoxy) is 2. The van der Waals surface area contributed by atoms with E-state index in [0.717, 1.165) is 21.7 Å². The highest BCUT2D eigenvalue weighted by Gasteiger charge is 2.20. The lowest BCUT2D eigenvalue weighted by molar-refractivity contribution is 0.0598. The van der Waals surface area contributed by atoms with Crippen molar-refractivity contribution in [3.8, 4) is 11.5 Å². The quantitative estimate of drug-likeness (QED) is 0.274. The molecule has 1 heterocycles. The molecule has 4 aromatic carbocycles. The Labute approximate surface area is 184 Å². The van der Waals surface area contributed by atoms with Gasteiger partial charge in [0.25, 0.3) is 0 Å². The van der Waals surface area contributed by atoms with Gasteiger partial charge < -0.3 is 14.5 Å². The molecule has 5 heteroatoms. The molecule has 0 unspecified atom stereocenters. The first-order valence-corrected chi connectivity index (χ1v) is 10.1. The van der Waals surface area contributed by atoms with Crippen molar-refractivity contribution in [2.75, 3.05) is 7.11 Å². The number of hydrogen-bond donors (Lipinski definition) is 1. The second kappa shape index (κ2) is 8.04. The van der Waals surface area contributed by atoms with Crippen LogP contribution in [0.3, 0.4) is 0 Å². The first kappa shape index (κ1) is 19.6. The van der Waals surface area contributed by atoms with Crippen molar-refractivity contribution < 1.29 is 19.1 Å². The third kappa shape index (κ3) is 3.50.